The molecule has 2 rings (SSSR count). The first-order chi connectivity index (χ1) is 8.94. The molecule has 1 aliphatic rings. The van der Waals surface area contributed by atoms with Crippen molar-refractivity contribution in [2.75, 3.05) is 5.75 Å². The molecule has 1 saturated heterocycles. The van der Waals surface area contributed by atoms with Gasteiger partial charge in [-0.15, -0.1) is 11.8 Å². The van der Waals surface area contributed by atoms with Gasteiger partial charge in [0.1, 0.15) is 4.75 Å². The topological polar surface area (TPSA) is 80.4 Å². The lowest BCUT2D eigenvalue weighted by Gasteiger charge is -2.22. The molecule has 5 nitrogen and oxygen atoms in total. The number of thioether (sulfide) groups is 1. The van der Waals surface area contributed by atoms with Crippen molar-refractivity contribution in [2.45, 2.75) is 24.0 Å². The summed E-state index contributed by atoms with van der Waals surface area (Å²) in [5.41, 5.74) is 0.312. The van der Waals surface area contributed by atoms with Crippen molar-refractivity contribution in [2.24, 2.45) is 0 Å². The number of carboxylic acids is 1. The third-order valence-electron chi connectivity index (χ3n) is 3.21. The number of benzene rings is 1. The van der Waals surface area contributed by atoms with Crippen LogP contribution in [0.3, 0.4) is 0 Å². The average molecular weight is 302 g/mol. The number of rotatable bonds is 4. The van der Waals surface area contributed by atoms with Crippen LogP contribution in [0.15, 0.2) is 18.2 Å². The number of carbonyl (C=O) groups is 1. The van der Waals surface area contributed by atoms with Gasteiger partial charge in [0.05, 0.1) is 4.92 Å². The first kappa shape index (κ1) is 14.1. The first-order valence-electron chi connectivity index (χ1n) is 5.75. The molecule has 1 aromatic rings. The van der Waals surface area contributed by atoms with Gasteiger partial charge < -0.3 is 5.11 Å². The second kappa shape index (κ2) is 5.38. The summed E-state index contributed by atoms with van der Waals surface area (Å²) in [5.74, 6) is -0.132. The number of halogens is 1. The summed E-state index contributed by atoms with van der Waals surface area (Å²) < 4.78 is -0.946. The van der Waals surface area contributed by atoms with Gasteiger partial charge in [-0.3, -0.25) is 14.9 Å². The predicted octanol–water partition coefficient (Wildman–Crippen LogP) is 3.14. The van der Waals surface area contributed by atoms with Gasteiger partial charge in [0.25, 0.3) is 5.69 Å². The van der Waals surface area contributed by atoms with E-state index in [4.69, 9.17) is 11.6 Å². The number of hydrogen-bond donors (Lipinski definition) is 1. The Hall–Kier alpha value is -1.27. The molecule has 0 saturated carbocycles. The second-order valence-electron chi connectivity index (χ2n) is 4.46. The van der Waals surface area contributed by atoms with Gasteiger partial charge in [0, 0.05) is 23.1 Å². The van der Waals surface area contributed by atoms with Gasteiger partial charge in [0.2, 0.25) is 0 Å². The minimum atomic E-state index is -0.946. The summed E-state index contributed by atoms with van der Waals surface area (Å²) in [4.78, 5) is 22.0. The van der Waals surface area contributed by atoms with Crippen LogP contribution in [0.5, 0.6) is 0 Å². The van der Waals surface area contributed by atoms with Crippen LogP contribution < -0.4 is 0 Å². The van der Waals surface area contributed by atoms with Crippen molar-refractivity contribution in [3.05, 3.63) is 38.9 Å². The van der Waals surface area contributed by atoms with E-state index in [1.54, 1.807) is 12.1 Å². The van der Waals surface area contributed by atoms with Gasteiger partial charge in [0.15, 0.2) is 0 Å². The number of nitrogens with zero attached hydrogens (tertiary/aromatic N) is 1. The molecule has 7 heteroatoms. The third kappa shape index (κ3) is 2.84. The van der Waals surface area contributed by atoms with E-state index < -0.39 is 15.6 Å². The Labute approximate surface area is 119 Å². The summed E-state index contributed by atoms with van der Waals surface area (Å²) >= 11 is 7.11. The molecule has 1 atom stereocenters. The van der Waals surface area contributed by atoms with E-state index in [-0.39, 0.29) is 17.1 Å². The largest absolute Gasteiger partial charge is 0.480 e. The van der Waals surface area contributed by atoms with Crippen LogP contribution in [0.2, 0.25) is 5.02 Å². The normalized spacial score (nSPS) is 22.4. The van der Waals surface area contributed by atoms with E-state index in [0.29, 0.717) is 12.0 Å². The second-order valence-corrected chi connectivity index (χ2v) is 6.37. The van der Waals surface area contributed by atoms with Gasteiger partial charge in [-0.05, 0) is 24.7 Å². The number of carboxylic acid groups (broad SMARTS) is 1. The number of nitro benzene ring substituents is 1. The molecule has 0 aromatic heterocycles. The van der Waals surface area contributed by atoms with Crippen LogP contribution in [0.4, 0.5) is 5.69 Å². The Bertz CT molecular complexity index is 528. The van der Waals surface area contributed by atoms with E-state index in [9.17, 15) is 20.0 Å². The number of hydrogen-bond acceptors (Lipinski definition) is 4. The molecule has 1 aromatic carbocycles. The SMILES string of the molecule is O=C(O)C1(Cc2ccc(Cl)cc2[N+](=O)[O-])CCCS1. The molecule has 1 fully saturated rings. The summed E-state index contributed by atoms with van der Waals surface area (Å²) in [6.07, 6.45) is 1.51. The monoisotopic (exact) mass is 301 g/mol. The minimum Gasteiger partial charge on any atom is -0.480 e. The third-order valence-corrected chi connectivity index (χ3v) is 5.02. The molecule has 102 valence electrons. The lowest BCUT2D eigenvalue weighted by molar-refractivity contribution is -0.385. The van der Waals surface area contributed by atoms with E-state index in [0.717, 1.165) is 12.2 Å². The molecule has 1 unspecified atom stereocenters. The highest BCUT2D eigenvalue weighted by atomic mass is 35.5. The lowest BCUT2D eigenvalue weighted by Crippen LogP contribution is -2.35. The van der Waals surface area contributed by atoms with Gasteiger partial charge in [-0.25, -0.2) is 0 Å². The fraction of sp³-hybridized carbons (Fsp3) is 0.417. The molecule has 1 N–H and O–H groups in total. The summed E-state index contributed by atoms with van der Waals surface area (Å²) in [6, 6.07) is 4.37. The first-order valence-corrected chi connectivity index (χ1v) is 7.11. The van der Waals surface area contributed by atoms with Crippen LogP contribution >= 0.6 is 23.4 Å². The van der Waals surface area contributed by atoms with Crippen molar-refractivity contribution >= 4 is 35.0 Å². The predicted molar refractivity (Wildman–Crippen MR) is 73.9 cm³/mol. The summed E-state index contributed by atoms with van der Waals surface area (Å²) in [5, 5.41) is 20.7. The van der Waals surface area contributed by atoms with Crippen LogP contribution in [0.1, 0.15) is 18.4 Å². The van der Waals surface area contributed by atoms with E-state index in [1.807, 2.05) is 0 Å². The van der Waals surface area contributed by atoms with Gasteiger partial charge in [-0.1, -0.05) is 17.7 Å². The Balaban J connectivity index is 2.37. The fourth-order valence-electron chi connectivity index (χ4n) is 2.25. The fourth-order valence-corrected chi connectivity index (χ4v) is 3.76. The summed E-state index contributed by atoms with van der Waals surface area (Å²) in [6.45, 7) is 0. The van der Waals surface area contributed by atoms with Crippen molar-refractivity contribution in [1.29, 1.82) is 0 Å². The molecule has 0 aliphatic carbocycles. The molecule has 0 amide bonds. The zero-order valence-electron chi connectivity index (χ0n) is 9.97. The lowest BCUT2D eigenvalue weighted by atomic mass is 9.93. The van der Waals surface area contributed by atoms with Gasteiger partial charge >= 0.3 is 5.97 Å². The quantitative estimate of drug-likeness (QED) is 0.682. The number of nitro groups is 1. The molecular formula is C12H12ClNO4S. The smallest absolute Gasteiger partial charge is 0.320 e. The molecular weight excluding hydrogens is 290 g/mol. The minimum absolute atomic E-state index is 0.111. The maximum atomic E-state index is 11.5. The van der Waals surface area contributed by atoms with Crippen molar-refractivity contribution < 1.29 is 14.8 Å². The van der Waals surface area contributed by atoms with E-state index in [2.05, 4.69) is 0 Å². The van der Waals surface area contributed by atoms with Crippen LogP contribution in [-0.4, -0.2) is 26.5 Å². The zero-order chi connectivity index (χ0) is 14.0. The Morgan fingerprint density at radius 1 is 1.58 bits per heavy atom. The number of aliphatic carboxylic acids is 1. The Morgan fingerprint density at radius 2 is 2.32 bits per heavy atom. The van der Waals surface area contributed by atoms with Crippen molar-refractivity contribution in [3.8, 4) is 0 Å². The molecule has 0 radical (unpaired) electrons. The standard InChI is InChI=1S/C12H12ClNO4S/c13-9-3-2-8(10(6-9)14(17)18)7-12(11(15)16)4-1-5-19-12/h2-3,6H,1,4-5,7H2,(H,15,16). The Kier molecular flexibility index (Phi) is 4.01. The highest BCUT2D eigenvalue weighted by Gasteiger charge is 2.43. The van der Waals surface area contributed by atoms with Gasteiger partial charge in [-0.2, -0.15) is 0 Å². The highest BCUT2D eigenvalue weighted by molar-refractivity contribution is 8.01. The van der Waals surface area contributed by atoms with E-state index >= 15 is 0 Å². The Morgan fingerprint density at radius 3 is 2.84 bits per heavy atom. The highest BCUT2D eigenvalue weighted by Crippen LogP contribution is 2.42. The average Bonchev–Trinajstić information content (AvgIpc) is 2.81. The molecule has 0 spiro atoms. The maximum Gasteiger partial charge on any atom is 0.320 e. The molecule has 0 bridgehead atoms. The van der Waals surface area contributed by atoms with Crippen molar-refractivity contribution in [1.82, 2.24) is 0 Å². The zero-order valence-corrected chi connectivity index (χ0v) is 11.5. The van der Waals surface area contributed by atoms with Crippen molar-refractivity contribution in [3.63, 3.8) is 0 Å². The molecule has 1 heterocycles. The molecule has 19 heavy (non-hydrogen) atoms. The van der Waals surface area contributed by atoms with Crippen LogP contribution in [0, 0.1) is 10.1 Å². The van der Waals surface area contributed by atoms with Crippen LogP contribution in [-0.2, 0) is 11.2 Å². The summed E-state index contributed by atoms with van der Waals surface area (Å²) in [7, 11) is 0. The molecule has 1 aliphatic heterocycles. The van der Waals surface area contributed by atoms with E-state index in [1.165, 1.54) is 17.8 Å². The van der Waals surface area contributed by atoms with Crippen LogP contribution in [0.25, 0.3) is 0 Å². The maximum absolute atomic E-state index is 11.5.